The highest BCUT2D eigenvalue weighted by Gasteiger charge is 2.15. The number of hydrogen-bond acceptors (Lipinski definition) is 4. The Morgan fingerprint density at radius 3 is 2.69 bits per heavy atom. The van der Waals surface area contributed by atoms with Gasteiger partial charge in [-0.15, -0.1) is 0 Å². The molecule has 0 aliphatic carbocycles. The van der Waals surface area contributed by atoms with Crippen molar-refractivity contribution >= 4 is 17.3 Å². The average Bonchev–Trinajstić information content (AvgIpc) is 2.61. The van der Waals surface area contributed by atoms with Crippen molar-refractivity contribution in [1.29, 1.82) is 0 Å². The summed E-state index contributed by atoms with van der Waals surface area (Å²) in [5, 5.41) is 13.4. The third-order valence-electron chi connectivity index (χ3n) is 3.92. The molecule has 7 nitrogen and oxygen atoms in total. The number of nitro groups is 1. The Morgan fingerprint density at radius 1 is 1.31 bits per heavy atom. The number of benzene rings is 2. The third kappa shape index (κ3) is 5.25. The molecule has 26 heavy (non-hydrogen) atoms. The molecule has 2 aromatic rings. The SMILES string of the molecule is CC[NH+](CC(=O)Nc1cccc([N+](=O)[O-])c1)Cc1ccc(OC)c(F)c1. The fourth-order valence-electron chi connectivity index (χ4n) is 2.55. The number of amides is 1. The van der Waals surface area contributed by atoms with Gasteiger partial charge in [-0.05, 0) is 31.2 Å². The van der Waals surface area contributed by atoms with Crippen molar-refractivity contribution in [2.24, 2.45) is 0 Å². The topological polar surface area (TPSA) is 85.9 Å². The molecule has 0 radical (unpaired) electrons. The van der Waals surface area contributed by atoms with E-state index in [1.54, 1.807) is 18.2 Å². The molecule has 0 aliphatic heterocycles. The lowest BCUT2D eigenvalue weighted by Gasteiger charge is -2.17. The summed E-state index contributed by atoms with van der Waals surface area (Å²) < 4.78 is 18.7. The van der Waals surface area contributed by atoms with Crippen molar-refractivity contribution in [3.8, 4) is 5.75 Å². The highest BCUT2D eigenvalue weighted by molar-refractivity contribution is 5.91. The Morgan fingerprint density at radius 2 is 2.08 bits per heavy atom. The summed E-state index contributed by atoms with van der Waals surface area (Å²) in [4.78, 5) is 23.4. The van der Waals surface area contributed by atoms with Crippen LogP contribution < -0.4 is 15.0 Å². The van der Waals surface area contributed by atoms with Crippen LogP contribution in [0.1, 0.15) is 12.5 Å². The smallest absolute Gasteiger partial charge is 0.279 e. The Hall–Kier alpha value is -3.00. The minimum atomic E-state index is -0.516. The minimum Gasteiger partial charge on any atom is -0.494 e. The van der Waals surface area contributed by atoms with Crippen LogP contribution in [0.5, 0.6) is 5.75 Å². The van der Waals surface area contributed by atoms with E-state index < -0.39 is 10.7 Å². The van der Waals surface area contributed by atoms with E-state index in [0.717, 1.165) is 10.5 Å². The Bertz CT molecular complexity index is 798. The van der Waals surface area contributed by atoms with E-state index in [0.29, 0.717) is 18.8 Å². The van der Waals surface area contributed by atoms with E-state index >= 15 is 0 Å². The van der Waals surface area contributed by atoms with Gasteiger partial charge in [0.25, 0.3) is 11.6 Å². The van der Waals surface area contributed by atoms with Gasteiger partial charge in [0, 0.05) is 23.4 Å². The zero-order chi connectivity index (χ0) is 19.1. The van der Waals surface area contributed by atoms with Gasteiger partial charge in [0.05, 0.1) is 18.6 Å². The predicted molar refractivity (Wildman–Crippen MR) is 94.8 cm³/mol. The molecule has 1 unspecified atom stereocenters. The lowest BCUT2D eigenvalue weighted by Crippen LogP contribution is -3.11. The van der Waals surface area contributed by atoms with E-state index in [1.807, 2.05) is 6.92 Å². The van der Waals surface area contributed by atoms with Crippen LogP contribution in [-0.4, -0.2) is 31.0 Å². The van der Waals surface area contributed by atoms with Crippen LogP contribution in [0.15, 0.2) is 42.5 Å². The predicted octanol–water partition coefficient (Wildman–Crippen LogP) is 1.79. The van der Waals surface area contributed by atoms with Crippen LogP contribution >= 0.6 is 0 Å². The maximum atomic E-state index is 13.8. The maximum Gasteiger partial charge on any atom is 0.279 e. The molecule has 2 rings (SSSR count). The van der Waals surface area contributed by atoms with Gasteiger partial charge >= 0.3 is 0 Å². The maximum absolute atomic E-state index is 13.8. The number of methoxy groups -OCH3 is 1. The van der Waals surface area contributed by atoms with Crippen molar-refractivity contribution in [2.45, 2.75) is 13.5 Å². The number of ether oxygens (including phenoxy) is 1. The van der Waals surface area contributed by atoms with Gasteiger partial charge in [-0.1, -0.05) is 6.07 Å². The number of carbonyl (C=O) groups excluding carboxylic acids is 1. The molecule has 1 amide bonds. The molecule has 0 heterocycles. The van der Waals surface area contributed by atoms with Crippen LogP contribution in [-0.2, 0) is 11.3 Å². The van der Waals surface area contributed by atoms with Crippen molar-refractivity contribution < 1.29 is 23.7 Å². The summed E-state index contributed by atoms with van der Waals surface area (Å²) in [6.45, 7) is 3.22. The second-order valence-electron chi connectivity index (χ2n) is 5.78. The first-order valence-corrected chi connectivity index (χ1v) is 8.13. The normalized spacial score (nSPS) is 11.7. The molecule has 0 bridgehead atoms. The highest BCUT2D eigenvalue weighted by atomic mass is 19.1. The molecule has 0 saturated carbocycles. The number of nitro benzene ring substituents is 1. The Labute approximate surface area is 150 Å². The molecule has 8 heteroatoms. The van der Waals surface area contributed by atoms with Gasteiger partial charge in [-0.25, -0.2) is 4.39 Å². The summed E-state index contributed by atoms with van der Waals surface area (Å²) in [5.74, 6) is -0.534. The monoisotopic (exact) mass is 362 g/mol. The lowest BCUT2D eigenvalue weighted by molar-refractivity contribution is -0.903. The molecule has 0 saturated heterocycles. The first-order chi connectivity index (χ1) is 12.4. The van der Waals surface area contributed by atoms with E-state index in [4.69, 9.17) is 4.74 Å². The molecule has 0 aromatic heterocycles. The van der Waals surface area contributed by atoms with E-state index in [1.165, 1.54) is 31.4 Å². The number of halogens is 1. The van der Waals surface area contributed by atoms with Crippen LogP contribution in [0.4, 0.5) is 15.8 Å². The number of hydrogen-bond donors (Lipinski definition) is 2. The molecule has 1 atom stereocenters. The van der Waals surface area contributed by atoms with Gasteiger partial charge in [0.1, 0.15) is 6.54 Å². The molecular formula is C18H21FN3O4+. The number of nitrogens with zero attached hydrogens (tertiary/aromatic N) is 1. The van der Waals surface area contributed by atoms with Crippen LogP contribution in [0, 0.1) is 15.9 Å². The van der Waals surface area contributed by atoms with Gasteiger partial charge in [-0.3, -0.25) is 14.9 Å². The number of anilines is 1. The third-order valence-corrected chi connectivity index (χ3v) is 3.92. The number of rotatable bonds is 8. The average molecular weight is 362 g/mol. The molecule has 2 N–H and O–H groups in total. The summed E-state index contributed by atoms with van der Waals surface area (Å²) >= 11 is 0. The quantitative estimate of drug-likeness (QED) is 0.554. The van der Waals surface area contributed by atoms with E-state index in [-0.39, 0.29) is 23.9 Å². The van der Waals surface area contributed by atoms with Gasteiger partial charge in [0.15, 0.2) is 18.1 Å². The van der Waals surface area contributed by atoms with E-state index in [2.05, 4.69) is 5.32 Å². The standard InChI is InChI=1S/C18H20FN3O4/c1-3-21(11-13-7-8-17(26-2)16(19)9-13)12-18(23)20-14-5-4-6-15(10-14)22(24)25/h4-10H,3,11-12H2,1-2H3,(H,20,23)/p+1. The summed E-state index contributed by atoms with van der Waals surface area (Å²) in [6.07, 6.45) is 0. The molecule has 0 aliphatic rings. The summed E-state index contributed by atoms with van der Waals surface area (Å²) in [6, 6.07) is 10.5. The first kappa shape index (κ1) is 19.3. The number of likely N-dealkylation sites (N-methyl/N-ethyl adjacent to an activating group) is 1. The van der Waals surface area contributed by atoms with Gasteiger partial charge in [0.2, 0.25) is 0 Å². The molecule has 138 valence electrons. The molecule has 2 aromatic carbocycles. The van der Waals surface area contributed by atoms with Crippen LogP contribution in [0.2, 0.25) is 0 Å². The van der Waals surface area contributed by atoms with E-state index in [9.17, 15) is 19.3 Å². The second-order valence-corrected chi connectivity index (χ2v) is 5.78. The van der Waals surface area contributed by atoms with Crippen molar-refractivity contribution in [3.63, 3.8) is 0 Å². The number of carbonyl (C=O) groups is 1. The largest absolute Gasteiger partial charge is 0.494 e. The number of quaternary nitrogens is 1. The van der Waals surface area contributed by atoms with Crippen molar-refractivity contribution in [3.05, 3.63) is 64.0 Å². The second kappa shape index (κ2) is 8.91. The first-order valence-electron chi connectivity index (χ1n) is 8.13. The fraction of sp³-hybridized carbons (Fsp3) is 0.278. The Kier molecular flexibility index (Phi) is 6.62. The van der Waals surface area contributed by atoms with Gasteiger partial charge < -0.3 is 15.0 Å². The fourth-order valence-corrected chi connectivity index (χ4v) is 2.55. The zero-order valence-electron chi connectivity index (χ0n) is 14.6. The zero-order valence-corrected chi connectivity index (χ0v) is 14.6. The van der Waals surface area contributed by atoms with Crippen molar-refractivity contribution in [1.82, 2.24) is 0 Å². The minimum absolute atomic E-state index is 0.0868. The molecular weight excluding hydrogens is 341 g/mol. The summed E-state index contributed by atoms with van der Waals surface area (Å²) in [7, 11) is 1.40. The van der Waals surface area contributed by atoms with Gasteiger partial charge in [-0.2, -0.15) is 0 Å². The molecule has 0 spiro atoms. The number of nitrogens with one attached hydrogen (secondary N) is 2. The van der Waals surface area contributed by atoms with Crippen LogP contribution in [0.25, 0.3) is 0 Å². The van der Waals surface area contributed by atoms with Crippen LogP contribution in [0.3, 0.4) is 0 Å². The summed E-state index contributed by atoms with van der Waals surface area (Å²) in [5.41, 5.74) is 1.04. The number of non-ortho nitro benzene ring substituents is 1. The van der Waals surface area contributed by atoms with Crippen molar-refractivity contribution in [2.75, 3.05) is 25.5 Å². The molecule has 0 fully saturated rings. The Balaban J connectivity index is 1.98. The highest BCUT2D eigenvalue weighted by Crippen LogP contribution is 2.18. The lowest BCUT2D eigenvalue weighted by atomic mass is 10.2.